The predicted octanol–water partition coefficient (Wildman–Crippen LogP) is 4.14. The molecule has 154 valence electrons. The second-order valence-electron chi connectivity index (χ2n) is 6.36. The Bertz CT molecular complexity index is 1130. The summed E-state index contributed by atoms with van der Waals surface area (Å²) >= 11 is 0.856. The van der Waals surface area contributed by atoms with Crippen molar-refractivity contribution in [1.29, 1.82) is 0 Å². The van der Waals surface area contributed by atoms with Crippen LogP contribution in [0.2, 0.25) is 0 Å². The van der Waals surface area contributed by atoms with Gasteiger partial charge in [-0.05, 0) is 36.3 Å². The summed E-state index contributed by atoms with van der Waals surface area (Å²) < 4.78 is 46.0. The number of benzene rings is 1. The summed E-state index contributed by atoms with van der Waals surface area (Å²) in [6.45, 7) is 0. The Morgan fingerprint density at radius 1 is 1.23 bits per heavy atom. The fourth-order valence-corrected chi connectivity index (χ4v) is 3.98. The second kappa shape index (κ2) is 7.71. The van der Waals surface area contributed by atoms with E-state index in [1.54, 1.807) is 12.2 Å². The van der Waals surface area contributed by atoms with Crippen LogP contribution in [0, 0.1) is 17.5 Å². The molecule has 1 aromatic carbocycles. The van der Waals surface area contributed by atoms with Crippen molar-refractivity contribution in [2.75, 3.05) is 5.32 Å². The Balaban J connectivity index is 1.62. The van der Waals surface area contributed by atoms with Crippen molar-refractivity contribution >= 4 is 28.2 Å². The van der Waals surface area contributed by atoms with Crippen LogP contribution in [0.3, 0.4) is 0 Å². The molecule has 3 N–H and O–H groups in total. The summed E-state index contributed by atoms with van der Waals surface area (Å²) in [5.41, 5.74) is 0.0283. The highest BCUT2D eigenvalue weighted by molar-refractivity contribution is 7.15. The van der Waals surface area contributed by atoms with Crippen molar-refractivity contribution in [3.8, 4) is 11.1 Å². The molecule has 2 aliphatic rings. The van der Waals surface area contributed by atoms with E-state index in [2.05, 4.69) is 10.6 Å². The zero-order valence-corrected chi connectivity index (χ0v) is 15.9. The van der Waals surface area contributed by atoms with Gasteiger partial charge < -0.3 is 20.5 Å². The maximum atomic E-state index is 13.6. The third-order valence-electron chi connectivity index (χ3n) is 4.41. The van der Waals surface area contributed by atoms with E-state index in [0.29, 0.717) is 30.0 Å². The number of hydrogen-bond donors (Lipinski definition) is 3. The molecule has 4 rings (SSSR count). The zero-order chi connectivity index (χ0) is 21.4. The van der Waals surface area contributed by atoms with Gasteiger partial charge in [-0.3, -0.25) is 4.79 Å². The monoisotopic (exact) mass is 434 g/mol. The number of aromatic carboxylic acids is 1. The number of allylic oxidation sites excluding steroid dienone is 4. The minimum absolute atomic E-state index is 0.0482. The Morgan fingerprint density at radius 3 is 2.67 bits per heavy atom. The van der Waals surface area contributed by atoms with Crippen LogP contribution in [0.5, 0.6) is 0 Å². The predicted molar refractivity (Wildman–Crippen MR) is 103 cm³/mol. The van der Waals surface area contributed by atoms with Gasteiger partial charge in [0.2, 0.25) is 6.23 Å². The molecule has 10 heteroatoms. The van der Waals surface area contributed by atoms with Gasteiger partial charge in [0.05, 0.1) is 5.70 Å². The minimum Gasteiger partial charge on any atom is -0.478 e. The number of halogens is 3. The molecule has 1 aliphatic carbocycles. The van der Waals surface area contributed by atoms with E-state index in [4.69, 9.17) is 4.74 Å². The number of thiophene rings is 1. The van der Waals surface area contributed by atoms with Crippen molar-refractivity contribution in [2.24, 2.45) is 0 Å². The van der Waals surface area contributed by atoms with Gasteiger partial charge in [0.25, 0.3) is 5.91 Å². The Morgan fingerprint density at radius 2 is 1.97 bits per heavy atom. The number of hydrogen-bond acceptors (Lipinski definition) is 5. The fraction of sp³-hybridized carbons (Fsp3) is 0.100. The van der Waals surface area contributed by atoms with Crippen LogP contribution in [0.4, 0.5) is 18.2 Å². The number of amides is 1. The van der Waals surface area contributed by atoms with E-state index < -0.39 is 35.6 Å². The van der Waals surface area contributed by atoms with Crippen LogP contribution >= 0.6 is 11.3 Å². The lowest BCUT2D eigenvalue weighted by Crippen LogP contribution is -2.36. The fourth-order valence-electron chi connectivity index (χ4n) is 3.02. The van der Waals surface area contributed by atoms with Crippen molar-refractivity contribution in [3.63, 3.8) is 0 Å². The maximum absolute atomic E-state index is 13.6. The molecule has 30 heavy (non-hydrogen) atoms. The minimum atomic E-state index is -1.65. The van der Waals surface area contributed by atoms with Gasteiger partial charge in [-0.25, -0.2) is 18.0 Å². The number of rotatable bonds is 4. The van der Waals surface area contributed by atoms with Crippen LogP contribution < -0.4 is 10.6 Å². The summed E-state index contributed by atoms with van der Waals surface area (Å²) in [5.74, 6) is -6.12. The molecular formula is C20H13F3N2O4S. The number of carbonyl (C=O) groups excluding carboxylic acids is 1. The number of nitrogens with one attached hydrogen (secondary N) is 2. The highest BCUT2D eigenvalue weighted by atomic mass is 32.1. The molecule has 1 fully saturated rings. The first-order valence-corrected chi connectivity index (χ1v) is 9.54. The van der Waals surface area contributed by atoms with Crippen molar-refractivity contribution in [3.05, 3.63) is 76.3 Å². The highest BCUT2D eigenvalue weighted by Gasteiger charge is 2.32. The van der Waals surface area contributed by atoms with E-state index in [-0.39, 0.29) is 21.7 Å². The Labute approximate surface area is 172 Å². The van der Waals surface area contributed by atoms with Gasteiger partial charge in [0.1, 0.15) is 16.3 Å². The summed E-state index contributed by atoms with van der Waals surface area (Å²) in [6, 6.07) is 1.39. The molecule has 2 heterocycles. The quantitative estimate of drug-likeness (QED) is 0.630. The number of carboxylic acids is 1. The van der Waals surface area contributed by atoms with Gasteiger partial charge in [0, 0.05) is 10.9 Å². The molecule has 1 amide bonds. The Hall–Kier alpha value is -3.53. The van der Waals surface area contributed by atoms with Gasteiger partial charge in [0.15, 0.2) is 17.5 Å². The largest absolute Gasteiger partial charge is 0.478 e. The van der Waals surface area contributed by atoms with Gasteiger partial charge in [-0.1, -0.05) is 12.2 Å². The Kier molecular flexibility index (Phi) is 5.08. The third-order valence-corrected chi connectivity index (χ3v) is 5.31. The van der Waals surface area contributed by atoms with Crippen LogP contribution in [-0.2, 0) is 9.53 Å². The lowest BCUT2D eigenvalue weighted by Gasteiger charge is -2.11. The van der Waals surface area contributed by atoms with E-state index >= 15 is 0 Å². The molecule has 0 spiro atoms. The van der Waals surface area contributed by atoms with Crippen molar-refractivity contribution < 1.29 is 32.6 Å². The standard InChI is InChI=1S/C20H13F3N2O4S/c21-11-6-9(7-12(22)16(11)23)10-8-30-19(15(10)20(27)28)25-17(26)18-24-13-4-2-1-3-5-14(13)29-18/h1-2,4-8,18,24H,3H2,(H,25,26)(H,27,28). The first-order chi connectivity index (χ1) is 14.3. The van der Waals surface area contributed by atoms with Crippen LogP contribution in [0.1, 0.15) is 16.8 Å². The van der Waals surface area contributed by atoms with Crippen molar-refractivity contribution in [2.45, 2.75) is 12.6 Å². The van der Waals surface area contributed by atoms with Gasteiger partial charge in [-0.2, -0.15) is 0 Å². The zero-order valence-electron chi connectivity index (χ0n) is 15.0. The molecule has 1 atom stereocenters. The molecule has 6 nitrogen and oxygen atoms in total. The number of anilines is 1. The van der Waals surface area contributed by atoms with E-state index in [1.807, 2.05) is 12.2 Å². The first kappa shape index (κ1) is 19.8. The lowest BCUT2D eigenvalue weighted by atomic mass is 10.0. The van der Waals surface area contributed by atoms with E-state index in [1.165, 1.54) is 5.38 Å². The third kappa shape index (κ3) is 3.57. The van der Waals surface area contributed by atoms with Crippen LogP contribution in [-0.4, -0.2) is 23.2 Å². The highest BCUT2D eigenvalue weighted by Crippen LogP contribution is 2.37. The van der Waals surface area contributed by atoms with Crippen LogP contribution in [0.25, 0.3) is 11.1 Å². The number of fused-ring (bicyclic) bond motifs is 1. The van der Waals surface area contributed by atoms with Gasteiger partial charge in [-0.15, -0.1) is 11.3 Å². The summed E-state index contributed by atoms with van der Waals surface area (Å²) in [5, 5.41) is 16.2. The number of carboxylic acid groups (broad SMARTS) is 1. The summed E-state index contributed by atoms with van der Waals surface area (Å²) in [4.78, 5) is 24.4. The normalized spacial score (nSPS) is 17.2. The molecule has 1 saturated heterocycles. The molecule has 1 aromatic heterocycles. The molecular weight excluding hydrogens is 421 g/mol. The average Bonchev–Trinajstić information content (AvgIpc) is 3.24. The molecule has 1 aliphatic heterocycles. The average molecular weight is 434 g/mol. The second-order valence-corrected chi connectivity index (χ2v) is 7.24. The smallest absolute Gasteiger partial charge is 0.339 e. The number of ether oxygens (including phenoxy) is 1. The maximum Gasteiger partial charge on any atom is 0.339 e. The molecule has 0 radical (unpaired) electrons. The number of carbonyl (C=O) groups is 2. The summed E-state index contributed by atoms with van der Waals surface area (Å²) in [7, 11) is 0. The molecule has 0 bridgehead atoms. The van der Waals surface area contributed by atoms with Crippen LogP contribution in [0.15, 0.2) is 53.3 Å². The summed E-state index contributed by atoms with van der Waals surface area (Å²) in [6.07, 6.45) is 6.81. The molecule has 0 saturated carbocycles. The van der Waals surface area contributed by atoms with Gasteiger partial charge >= 0.3 is 5.97 Å². The first-order valence-electron chi connectivity index (χ1n) is 8.66. The molecule has 1 unspecified atom stereocenters. The van der Waals surface area contributed by atoms with Crippen molar-refractivity contribution in [1.82, 2.24) is 5.32 Å². The lowest BCUT2D eigenvalue weighted by molar-refractivity contribution is -0.124. The SMILES string of the molecule is O=C(O)c1c(-c2cc(F)c(F)c(F)c2)csc1NC(=O)C1NC2=CC=CCC=C2O1. The van der Waals surface area contributed by atoms with E-state index in [9.17, 15) is 27.9 Å². The topological polar surface area (TPSA) is 87.7 Å². The molecule has 2 aromatic rings. The van der Waals surface area contributed by atoms with E-state index in [0.717, 1.165) is 11.3 Å².